The maximum atomic E-state index is 13.6. The Morgan fingerprint density at radius 3 is 2.62 bits per heavy atom. The van der Waals surface area contributed by atoms with Gasteiger partial charge in [0.15, 0.2) is 0 Å². The zero-order chi connectivity index (χ0) is 15.2. The van der Waals surface area contributed by atoms with Gasteiger partial charge in [-0.15, -0.1) is 11.8 Å². The van der Waals surface area contributed by atoms with E-state index in [1.165, 1.54) is 23.9 Å². The molecule has 0 aromatic heterocycles. The molecule has 0 radical (unpaired) electrons. The van der Waals surface area contributed by atoms with Crippen LogP contribution in [0.5, 0.6) is 0 Å². The van der Waals surface area contributed by atoms with E-state index >= 15 is 0 Å². The number of nitrogens with two attached hydrogens (primary N) is 1. The Morgan fingerprint density at radius 2 is 1.95 bits per heavy atom. The van der Waals surface area contributed by atoms with Crippen LogP contribution in [0.3, 0.4) is 0 Å². The molecule has 0 saturated carbocycles. The molecule has 2 aromatic rings. The molecule has 3 N–H and O–H groups in total. The highest BCUT2D eigenvalue weighted by Gasteiger charge is 2.13. The summed E-state index contributed by atoms with van der Waals surface area (Å²) >= 11 is 7.62. The van der Waals surface area contributed by atoms with Crippen molar-refractivity contribution in [2.75, 3.05) is 5.75 Å². The fraction of sp³-hybridized carbons (Fsp3) is 0.200. The van der Waals surface area contributed by atoms with Gasteiger partial charge in [-0.1, -0.05) is 29.8 Å². The van der Waals surface area contributed by atoms with E-state index in [4.69, 9.17) is 17.4 Å². The minimum atomic E-state index is -0.584. The van der Waals surface area contributed by atoms with E-state index in [-0.39, 0.29) is 6.04 Å². The summed E-state index contributed by atoms with van der Waals surface area (Å²) in [6.45, 7) is 0. The number of nitrogens with one attached hydrogen (secondary N) is 1. The van der Waals surface area contributed by atoms with Gasteiger partial charge in [-0.05, 0) is 30.2 Å². The molecule has 112 valence electrons. The highest BCUT2D eigenvalue weighted by molar-refractivity contribution is 7.99. The first-order valence-corrected chi connectivity index (χ1v) is 7.74. The molecular formula is C15H15ClF2N2S. The predicted octanol–water partition coefficient (Wildman–Crippen LogP) is 3.78. The second kappa shape index (κ2) is 7.75. The third-order valence-corrected chi connectivity index (χ3v) is 4.67. The van der Waals surface area contributed by atoms with Crippen molar-refractivity contribution in [2.24, 2.45) is 5.84 Å². The van der Waals surface area contributed by atoms with Gasteiger partial charge in [-0.25, -0.2) is 8.78 Å². The molecule has 2 nitrogen and oxygen atoms in total. The molecule has 1 atom stereocenters. The fourth-order valence-electron chi connectivity index (χ4n) is 1.87. The lowest BCUT2D eigenvalue weighted by Gasteiger charge is -2.16. The normalized spacial score (nSPS) is 12.4. The third-order valence-electron chi connectivity index (χ3n) is 2.99. The van der Waals surface area contributed by atoms with Crippen LogP contribution in [0, 0.1) is 11.6 Å². The molecule has 0 bridgehead atoms. The number of hydrazine groups is 1. The standard InChI is InChI=1S/C15H15ClF2N2S/c16-13-3-1-2-4-15(13)21-9-12(20-19)7-10-5-6-11(17)8-14(10)18/h1-6,8,12,20H,7,9,19H2. The monoisotopic (exact) mass is 328 g/mol. The number of halogens is 3. The van der Waals surface area contributed by atoms with Gasteiger partial charge >= 0.3 is 0 Å². The van der Waals surface area contributed by atoms with Crippen molar-refractivity contribution in [2.45, 2.75) is 17.4 Å². The number of hydrogen-bond acceptors (Lipinski definition) is 3. The Labute approximate surface area is 131 Å². The summed E-state index contributed by atoms with van der Waals surface area (Å²) in [4.78, 5) is 0.944. The Morgan fingerprint density at radius 1 is 1.19 bits per heavy atom. The van der Waals surface area contributed by atoms with Crippen molar-refractivity contribution in [3.63, 3.8) is 0 Å². The van der Waals surface area contributed by atoms with Gasteiger partial charge in [0.25, 0.3) is 0 Å². The first kappa shape index (κ1) is 16.2. The smallest absolute Gasteiger partial charge is 0.129 e. The average Bonchev–Trinajstić information content (AvgIpc) is 2.47. The van der Waals surface area contributed by atoms with E-state index in [1.807, 2.05) is 24.3 Å². The van der Waals surface area contributed by atoms with Crippen molar-refractivity contribution in [1.29, 1.82) is 0 Å². The highest BCUT2D eigenvalue weighted by atomic mass is 35.5. The minimum absolute atomic E-state index is 0.147. The second-order valence-corrected chi connectivity index (χ2v) is 6.01. The Hall–Kier alpha value is -1.14. The van der Waals surface area contributed by atoms with E-state index in [1.54, 1.807) is 0 Å². The second-order valence-electron chi connectivity index (χ2n) is 4.54. The molecule has 6 heteroatoms. The maximum Gasteiger partial charge on any atom is 0.129 e. The van der Waals surface area contributed by atoms with Crippen molar-refractivity contribution in [1.82, 2.24) is 5.43 Å². The Balaban J connectivity index is 1.99. The predicted molar refractivity (Wildman–Crippen MR) is 83.3 cm³/mol. The summed E-state index contributed by atoms with van der Waals surface area (Å²) < 4.78 is 26.5. The molecule has 0 heterocycles. The van der Waals surface area contributed by atoms with Crippen LogP contribution in [0.4, 0.5) is 8.78 Å². The topological polar surface area (TPSA) is 38.0 Å². The van der Waals surface area contributed by atoms with E-state index in [0.717, 1.165) is 11.0 Å². The summed E-state index contributed by atoms with van der Waals surface area (Å²) in [6, 6.07) is 10.9. The molecule has 2 rings (SSSR count). The van der Waals surface area contributed by atoms with E-state index < -0.39 is 11.6 Å². The van der Waals surface area contributed by atoms with E-state index in [2.05, 4.69) is 5.43 Å². The largest absolute Gasteiger partial charge is 0.271 e. The number of hydrogen-bond donors (Lipinski definition) is 2. The van der Waals surface area contributed by atoms with Crippen molar-refractivity contribution < 1.29 is 8.78 Å². The van der Waals surface area contributed by atoms with Gasteiger partial charge < -0.3 is 0 Å². The Bertz CT molecular complexity index is 610. The van der Waals surface area contributed by atoms with Gasteiger partial charge in [0.2, 0.25) is 0 Å². The molecule has 0 amide bonds. The quantitative estimate of drug-likeness (QED) is 0.481. The van der Waals surface area contributed by atoms with Crippen LogP contribution < -0.4 is 11.3 Å². The van der Waals surface area contributed by atoms with Gasteiger partial charge in [-0.2, -0.15) is 0 Å². The molecule has 0 spiro atoms. The van der Waals surface area contributed by atoms with E-state index in [9.17, 15) is 8.78 Å². The van der Waals surface area contributed by atoms with Crippen LogP contribution in [0.1, 0.15) is 5.56 Å². The van der Waals surface area contributed by atoms with Crippen LogP contribution in [-0.4, -0.2) is 11.8 Å². The van der Waals surface area contributed by atoms with Crippen LogP contribution in [0.15, 0.2) is 47.4 Å². The first-order chi connectivity index (χ1) is 10.1. The van der Waals surface area contributed by atoms with Crippen LogP contribution in [0.2, 0.25) is 5.02 Å². The van der Waals surface area contributed by atoms with Crippen LogP contribution in [-0.2, 0) is 6.42 Å². The van der Waals surface area contributed by atoms with Crippen LogP contribution >= 0.6 is 23.4 Å². The summed E-state index contributed by atoms with van der Waals surface area (Å²) in [5.74, 6) is 4.99. The van der Waals surface area contributed by atoms with Gasteiger partial charge in [0.05, 0.1) is 5.02 Å². The molecule has 1 unspecified atom stereocenters. The van der Waals surface area contributed by atoms with Gasteiger partial charge in [0.1, 0.15) is 11.6 Å². The van der Waals surface area contributed by atoms with Crippen molar-refractivity contribution in [3.8, 4) is 0 Å². The van der Waals surface area contributed by atoms with Gasteiger partial charge in [0, 0.05) is 22.8 Å². The van der Waals surface area contributed by atoms with Crippen molar-refractivity contribution in [3.05, 3.63) is 64.7 Å². The molecule has 2 aromatic carbocycles. The zero-order valence-corrected chi connectivity index (χ0v) is 12.7. The summed E-state index contributed by atoms with van der Waals surface area (Å²) in [7, 11) is 0. The zero-order valence-electron chi connectivity index (χ0n) is 11.2. The summed E-state index contributed by atoms with van der Waals surface area (Å²) in [5.41, 5.74) is 3.09. The fourth-order valence-corrected chi connectivity index (χ4v) is 3.15. The highest BCUT2D eigenvalue weighted by Crippen LogP contribution is 2.27. The number of benzene rings is 2. The molecule has 0 aliphatic carbocycles. The lowest BCUT2D eigenvalue weighted by atomic mass is 10.1. The average molecular weight is 329 g/mol. The SMILES string of the molecule is NNC(CSc1ccccc1Cl)Cc1ccc(F)cc1F. The summed E-state index contributed by atoms with van der Waals surface area (Å²) in [5, 5.41) is 0.672. The van der Waals surface area contributed by atoms with Crippen LogP contribution in [0.25, 0.3) is 0 Å². The number of rotatable bonds is 6. The lowest BCUT2D eigenvalue weighted by Crippen LogP contribution is -2.38. The lowest BCUT2D eigenvalue weighted by molar-refractivity contribution is 0.536. The molecular weight excluding hydrogens is 314 g/mol. The first-order valence-electron chi connectivity index (χ1n) is 6.37. The molecule has 0 fully saturated rings. The molecule has 0 saturated heterocycles. The third kappa shape index (κ3) is 4.68. The molecule has 0 aliphatic rings. The number of thioether (sulfide) groups is 1. The molecule has 21 heavy (non-hydrogen) atoms. The maximum absolute atomic E-state index is 13.6. The minimum Gasteiger partial charge on any atom is -0.271 e. The van der Waals surface area contributed by atoms with Crippen molar-refractivity contribution >= 4 is 23.4 Å². The molecule has 0 aliphatic heterocycles. The van der Waals surface area contributed by atoms with E-state index in [0.29, 0.717) is 22.8 Å². The van der Waals surface area contributed by atoms with Gasteiger partial charge in [-0.3, -0.25) is 11.3 Å². The Kier molecular flexibility index (Phi) is 5.99. The summed E-state index contributed by atoms with van der Waals surface area (Å²) in [6.07, 6.45) is 0.375.